The molecule has 0 aliphatic rings. The minimum Gasteiger partial charge on any atom is -0.289 e. The highest BCUT2D eigenvalue weighted by Gasteiger charge is 2.30. The maximum Gasteiger partial charge on any atom is 0.416 e. The van der Waals surface area contributed by atoms with Crippen LogP contribution in [0.2, 0.25) is 0 Å². The summed E-state index contributed by atoms with van der Waals surface area (Å²) in [4.78, 5) is 36.0. The molecule has 192 valence electrons. The summed E-state index contributed by atoms with van der Waals surface area (Å²) >= 11 is 0. The van der Waals surface area contributed by atoms with Crippen molar-refractivity contribution < 1.29 is 22.8 Å². The Morgan fingerprint density at radius 3 is 1.33 bits per heavy atom. The number of nitrogens with zero attached hydrogens (tertiary/aromatic N) is 3. The number of carbonyl (C=O) groups excluding carboxylic acids is 2. The molecule has 5 nitrogen and oxygen atoms in total. The molecule has 0 amide bonds. The first-order valence-corrected chi connectivity index (χ1v) is 11.9. The van der Waals surface area contributed by atoms with Crippen molar-refractivity contribution in [3.63, 3.8) is 0 Å². The van der Waals surface area contributed by atoms with Crippen molar-refractivity contribution in [2.75, 3.05) is 4.90 Å². The van der Waals surface area contributed by atoms with E-state index < -0.39 is 11.7 Å². The number of pyridine rings is 2. The predicted molar refractivity (Wildman–Crippen MR) is 141 cm³/mol. The number of hydrogen-bond donors (Lipinski definition) is 0. The zero-order valence-electron chi connectivity index (χ0n) is 20.3. The Hall–Kier alpha value is -5.11. The number of ketones is 2. The Bertz CT molecular complexity index is 1490. The summed E-state index contributed by atoms with van der Waals surface area (Å²) in [6.45, 7) is 0. The molecule has 0 aliphatic carbocycles. The molecule has 0 aliphatic heterocycles. The van der Waals surface area contributed by atoms with Gasteiger partial charge < -0.3 is 0 Å². The third-order valence-electron chi connectivity index (χ3n) is 6.00. The molecule has 0 N–H and O–H groups in total. The molecule has 2 heterocycles. The first kappa shape index (κ1) is 25.5. The van der Waals surface area contributed by atoms with Crippen LogP contribution in [-0.2, 0) is 6.18 Å². The second-order valence-electron chi connectivity index (χ2n) is 8.58. The van der Waals surface area contributed by atoms with E-state index in [4.69, 9.17) is 0 Å². The topological polar surface area (TPSA) is 63.2 Å². The van der Waals surface area contributed by atoms with Crippen molar-refractivity contribution in [3.8, 4) is 0 Å². The number of halogens is 3. The Morgan fingerprint density at radius 2 is 0.974 bits per heavy atom. The Kier molecular flexibility index (Phi) is 7.01. The van der Waals surface area contributed by atoms with Crippen molar-refractivity contribution in [3.05, 3.63) is 149 Å². The van der Waals surface area contributed by atoms with Gasteiger partial charge in [0.05, 0.1) is 5.56 Å². The van der Waals surface area contributed by atoms with Gasteiger partial charge in [-0.1, -0.05) is 60.7 Å². The summed E-state index contributed by atoms with van der Waals surface area (Å²) in [6, 6.07) is 28.5. The van der Waals surface area contributed by atoms with E-state index in [9.17, 15) is 22.8 Å². The second kappa shape index (κ2) is 10.7. The van der Waals surface area contributed by atoms with E-state index in [1.807, 2.05) is 12.1 Å². The number of carbonyl (C=O) groups is 2. The van der Waals surface area contributed by atoms with Crippen LogP contribution in [0.3, 0.4) is 0 Å². The van der Waals surface area contributed by atoms with E-state index in [0.29, 0.717) is 39.6 Å². The van der Waals surface area contributed by atoms with Gasteiger partial charge in [0.1, 0.15) is 11.6 Å². The van der Waals surface area contributed by atoms with Gasteiger partial charge >= 0.3 is 6.18 Å². The van der Waals surface area contributed by atoms with Crippen LogP contribution >= 0.6 is 0 Å². The summed E-state index contributed by atoms with van der Waals surface area (Å²) in [5.74, 6) is 0.235. The van der Waals surface area contributed by atoms with Crippen LogP contribution in [0, 0.1) is 0 Å². The van der Waals surface area contributed by atoms with Gasteiger partial charge in [-0.05, 0) is 48.5 Å². The normalized spacial score (nSPS) is 11.2. The first-order valence-electron chi connectivity index (χ1n) is 11.9. The van der Waals surface area contributed by atoms with Gasteiger partial charge in [-0.2, -0.15) is 13.2 Å². The largest absolute Gasteiger partial charge is 0.416 e. The van der Waals surface area contributed by atoms with Crippen LogP contribution in [0.5, 0.6) is 0 Å². The molecule has 5 aromatic rings. The molecule has 0 saturated heterocycles. The number of aromatic nitrogens is 2. The van der Waals surface area contributed by atoms with Gasteiger partial charge in [-0.25, -0.2) is 9.97 Å². The SMILES string of the molecule is O=C(c1ccccc1)c1ccc(N(c2ccc(C(F)(F)F)cc2)c2ccc(C(=O)c3ccccc3)cn2)nc1. The number of rotatable bonds is 7. The third-order valence-corrected chi connectivity index (χ3v) is 6.00. The highest BCUT2D eigenvalue weighted by atomic mass is 19.4. The minimum atomic E-state index is -4.49. The molecule has 0 spiro atoms. The van der Waals surface area contributed by atoms with Crippen molar-refractivity contribution in [1.82, 2.24) is 9.97 Å². The van der Waals surface area contributed by atoms with Gasteiger partial charge in [-0.3, -0.25) is 14.5 Å². The summed E-state index contributed by atoms with van der Waals surface area (Å²) in [6.07, 6.45) is -1.66. The first-order chi connectivity index (χ1) is 18.8. The Balaban J connectivity index is 1.51. The molecule has 0 atom stereocenters. The molecule has 0 bridgehead atoms. The molecule has 39 heavy (non-hydrogen) atoms. The quantitative estimate of drug-likeness (QED) is 0.208. The van der Waals surface area contributed by atoms with Crippen molar-refractivity contribution in [2.24, 2.45) is 0 Å². The minimum absolute atomic E-state index is 0.211. The van der Waals surface area contributed by atoms with E-state index in [-0.39, 0.29) is 11.6 Å². The number of anilines is 3. The van der Waals surface area contributed by atoms with Crippen molar-refractivity contribution in [1.29, 1.82) is 0 Å². The van der Waals surface area contributed by atoms with E-state index in [1.54, 1.807) is 77.7 Å². The highest BCUT2D eigenvalue weighted by Crippen LogP contribution is 2.35. The van der Waals surface area contributed by atoms with Crippen molar-refractivity contribution >= 4 is 28.9 Å². The van der Waals surface area contributed by atoms with Crippen LogP contribution in [0.4, 0.5) is 30.5 Å². The molecule has 8 heteroatoms. The lowest BCUT2D eigenvalue weighted by Gasteiger charge is -2.23. The van der Waals surface area contributed by atoms with Gasteiger partial charge in [0, 0.05) is 40.3 Å². The summed E-state index contributed by atoms with van der Waals surface area (Å²) in [7, 11) is 0. The van der Waals surface area contributed by atoms with Crippen LogP contribution < -0.4 is 4.90 Å². The van der Waals surface area contributed by atoms with Crippen LogP contribution in [0.15, 0.2) is 122 Å². The second-order valence-corrected chi connectivity index (χ2v) is 8.58. The molecule has 2 aromatic heterocycles. The fourth-order valence-corrected chi connectivity index (χ4v) is 4.00. The van der Waals surface area contributed by atoms with Crippen LogP contribution in [0.1, 0.15) is 37.4 Å². The maximum absolute atomic E-state index is 13.2. The van der Waals surface area contributed by atoms with Crippen molar-refractivity contribution in [2.45, 2.75) is 6.18 Å². The number of alkyl halides is 3. The Labute approximate surface area is 222 Å². The number of hydrogen-bond acceptors (Lipinski definition) is 5. The molecule has 0 fully saturated rings. The van der Waals surface area contributed by atoms with E-state index in [1.165, 1.54) is 24.5 Å². The molecule has 0 saturated carbocycles. The third kappa shape index (κ3) is 5.60. The summed E-state index contributed by atoms with van der Waals surface area (Å²) < 4.78 is 39.6. The fourth-order valence-electron chi connectivity index (χ4n) is 4.00. The Morgan fingerprint density at radius 1 is 0.538 bits per heavy atom. The van der Waals surface area contributed by atoms with Gasteiger partial charge in [-0.15, -0.1) is 0 Å². The van der Waals surface area contributed by atoms with Gasteiger partial charge in [0.25, 0.3) is 0 Å². The molecule has 5 rings (SSSR count). The van der Waals surface area contributed by atoms with Crippen LogP contribution in [0.25, 0.3) is 0 Å². The van der Waals surface area contributed by atoms with E-state index in [2.05, 4.69) is 9.97 Å². The lowest BCUT2D eigenvalue weighted by molar-refractivity contribution is -0.137. The summed E-state index contributed by atoms with van der Waals surface area (Å²) in [5.41, 5.74) is 1.30. The summed E-state index contributed by atoms with van der Waals surface area (Å²) in [5, 5.41) is 0. The predicted octanol–water partition coefficient (Wildman–Crippen LogP) is 7.43. The zero-order chi connectivity index (χ0) is 27.4. The average Bonchev–Trinajstić information content (AvgIpc) is 2.98. The van der Waals surface area contributed by atoms with Gasteiger partial charge in [0.2, 0.25) is 0 Å². The maximum atomic E-state index is 13.2. The van der Waals surface area contributed by atoms with Gasteiger partial charge in [0.15, 0.2) is 11.6 Å². The number of benzene rings is 3. The standard InChI is InChI=1S/C31H20F3N3O2/c32-31(33,34)25-13-15-26(16-14-25)37(27-17-11-23(19-35-27)29(38)21-7-3-1-4-8-21)28-18-12-24(20-36-28)30(39)22-9-5-2-6-10-22/h1-20H. The average molecular weight is 524 g/mol. The lowest BCUT2D eigenvalue weighted by atomic mass is 10.0. The molecule has 3 aromatic carbocycles. The smallest absolute Gasteiger partial charge is 0.289 e. The van der Waals surface area contributed by atoms with E-state index >= 15 is 0 Å². The molecular formula is C31H20F3N3O2. The molecular weight excluding hydrogens is 503 g/mol. The molecule has 0 radical (unpaired) electrons. The fraction of sp³-hybridized carbons (Fsp3) is 0.0323. The lowest BCUT2D eigenvalue weighted by Crippen LogP contribution is -2.15. The highest BCUT2D eigenvalue weighted by molar-refractivity contribution is 6.09. The monoisotopic (exact) mass is 523 g/mol. The van der Waals surface area contributed by atoms with Crippen LogP contribution in [-0.4, -0.2) is 21.5 Å². The molecule has 0 unspecified atom stereocenters. The van der Waals surface area contributed by atoms with E-state index in [0.717, 1.165) is 12.1 Å². The zero-order valence-corrected chi connectivity index (χ0v) is 20.3.